The van der Waals surface area contributed by atoms with Gasteiger partial charge in [0.1, 0.15) is 11.3 Å². The van der Waals surface area contributed by atoms with Gasteiger partial charge in [0.05, 0.1) is 6.10 Å². The molecule has 0 aliphatic heterocycles. The average Bonchev–Trinajstić information content (AvgIpc) is 2.88. The highest BCUT2D eigenvalue weighted by Gasteiger charge is 2.20. The van der Waals surface area contributed by atoms with Gasteiger partial charge in [0.15, 0.2) is 0 Å². The van der Waals surface area contributed by atoms with Crippen LogP contribution in [0.15, 0.2) is 59.0 Å². The van der Waals surface area contributed by atoms with Crippen LogP contribution in [0.1, 0.15) is 25.5 Å². The van der Waals surface area contributed by atoms with Gasteiger partial charge in [0.25, 0.3) is 0 Å². The van der Waals surface area contributed by atoms with Crippen molar-refractivity contribution in [2.24, 2.45) is 0 Å². The first-order chi connectivity index (χ1) is 9.81. The summed E-state index contributed by atoms with van der Waals surface area (Å²) in [6.07, 6.45) is 0.0128. The van der Waals surface area contributed by atoms with Gasteiger partial charge in [0.2, 0.25) is 0 Å². The molecule has 0 aliphatic carbocycles. The third kappa shape index (κ3) is 2.23. The Morgan fingerprint density at radius 1 is 1.00 bits per heavy atom. The Bertz CT molecular complexity index is 698. The van der Waals surface area contributed by atoms with Crippen molar-refractivity contribution < 1.29 is 9.15 Å². The molecular formula is C18H18O2. The Hall–Kier alpha value is -2.06. The lowest BCUT2D eigenvalue weighted by molar-refractivity contribution is 0.0773. The summed E-state index contributed by atoms with van der Waals surface area (Å²) in [5.41, 5.74) is 3.13. The van der Waals surface area contributed by atoms with Crippen LogP contribution in [-0.2, 0) is 4.74 Å². The number of hydrogen-bond acceptors (Lipinski definition) is 2. The molecule has 102 valence electrons. The van der Waals surface area contributed by atoms with Crippen molar-refractivity contribution >= 4 is 11.0 Å². The van der Waals surface area contributed by atoms with Gasteiger partial charge in [-0.05, 0) is 19.9 Å². The number of para-hydroxylation sites is 1. The lowest BCUT2D eigenvalue weighted by Crippen LogP contribution is -2.00. The molecule has 2 nitrogen and oxygen atoms in total. The fraction of sp³-hybridized carbons (Fsp3) is 0.222. The van der Waals surface area contributed by atoms with E-state index < -0.39 is 0 Å². The van der Waals surface area contributed by atoms with E-state index in [1.807, 2.05) is 43.3 Å². The Balaban J connectivity index is 2.23. The van der Waals surface area contributed by atoms with Crippen LogP contribution >= 0.6 is 0 Å². The molecule has 3 aromatic rings. The maximum absolute atomic E-state index is 6.07. The van der Waals surface area contributed by atoms with Gasteiger partial charge in [-0.1, -0.05) is 48.5 Å². The standard InChI is InChI=1S/C18H18O2/c1-3-19-13(2)17-15-11-7-8-12-16(15)20-18(17)14-9-5-4-6-10-14/h4-13H,3H2,1-2H3. The normalized spacial score (nSPS) is 12.7. The molecule has 0 spiro atoms. The molecule has 0 radical (unpaired) electrons. The zero-order valence-electron chi connectivity index (χ0n) is 11.8. The van der Waals surface area contributed by atoms with E-state index in [1.54, 1.807) is 0 Å². The van der Waals surface area contributed by atoms with Gasteiger partial charge in [-0.25, -0.2) is 0 Å². The van der Waals surface area contributed by atoms with Crippen LogP contribution in [0, 0.1) is 0 Å². The predicted molar refractivity (Wildman–Crippen MR) is 81.7 cm³/mol. The predicted octanol–water partition coefficient (Wildman–Crippen LogP) is 5.20. The lowest BCUT2D eigenvalue weighted by atomic mass is 10.0. The minimum absolute atomic E-state index is 0.0128. The number of rotatable bonds is 4. The van der Waals surface area contributed by atoms with Gasteiger partial charge in [-0.2, -0.15) is 0 Å². The van der Waals surface area contributed by atoms with Crippen LogP contribution in [0.3, 0.4) is 0 Å². The third-order valence-electron chi connectivity index (χ3n) is 3.49. The van der Waals surface area contributed by atoms with Gasteiger partial charge >= 0.3 is 0 Å². The van der Waals surface area contributed by atoms with Gasteiger partial charge < -0.3 is 9.15 Å². The van der Waals surface area contributed by atoms with E-state index in [2.05, 4.69) is 25.1 Å². The van der Waals surface area contributed by atoms with Crippen molar-refractivity contribution in [3.05, 3.63) is 60.2 Å². The minimum atomic E-state index is 0.0128. The molecule has 1 heterocycles. The Morgan fingerprint density at radius 2 is 1.70 bits per heavy atom. The molecule has 2 aromatic carbocycles. The average molecular weight is 266 g/mol. The molecule has 3 rings (SSSR count). The molecule has 2 heteroatoms. The number of benzene rings is 2. The van der Waals surface area contributed by atoms with E-state index >= 15 is 0 Å². The zero-order chi connectivity index (χ0) is 13.9. The Labute approximate surface area is 119 Å². The smallest absolute Gasteiger partial charge is 0.141 e. The van der Waals surface area contributed by atoms with Crippen LogP contribution in [0.4, 0.5) is 0 Å². The second-order valence-electron chi connectivity index (χ2n) is 4.80. The third-order valence-corrected chi connectivity index (χ3v) is 3.49. The Kier molecular flexibility index (Phi) is 3.57. The van der Waals surface area contributed by atoms with Crippen molar-refractivity contribution in [2.75, 3.05) is 6.61 Å². The van der Waals surface area contributed by atoms with Gasteiger partial charge in [-0.15, -0.1) is 0 Å². The number of furan rings is 1. The van der Waals surface area contributed by atoms with Crippen molar-refractivity contribution in [3.63, 3.8) is 0 Å². The SMILES string of the molecule is CCOC(C)c1c(-c2ccccc2)oc2ccccc12. The number of hydrogen-bond donors (Lipinski definition) is 0. The highest BCUT2D eigenvalue weighted by Crippen LogP contribution is 2.38. The van der Waals surface area contributed by atoms with Crippen LogP contribution in [0.25, 0.3) is 22.3 Å². The summed E-state index contributed by atoms with van der Waals surface area (Å²) in [4.78, 5) is 0. The molecule has 0 N–H and O–H groups in total. The van der Waals surface area contributed by atoms with E-state index in [1.165, 1.54) is 0 Å². The summed E-state index contributed by atoms with van der Waals surface area (Å²) >= 11 is 0. The maximum Gasteiger partial charge on any atom is 0.141 e. The largest absolute Gasteiger partial charge is 0.456 e. The van der Waals surface area contributed by atoms with E-state index in [0.717, 1.165) is 27.9 Å². The molecule has 0 amide bonds. The lowest BCUT2D eigenvalue weighted by Gasteiger charge is -2.12. The monoisotopic (exact) mass is 266 g/mol. The van der Waals surface area contributed by atoms with Crippen molar-refractivity contribution in [1.29, 1.82) is 0 Å². The summed E-state index contributed by atoms with van der Waals surface area (Å²) in [7, 11) is 0. The summed E-state index contributed by atoms with van der Waals surface area (Å²) in [6, 6.07) is 18.3. The van der Waals surface area contributed by atoms with E-state index in [4.69, 9.17) is 9.15 Å². The fourth-order valence-corrected chi connectivity index (χ4v) is 2.61. The molecule has 0 aliphatic rings. The second-order valence-corrected chi connectivity index (χ2v) is 4.80. The highest BCUT2D eigenvalue weighted by molar-refractivity contribution is 5.88. The molecular weight excluding hydrogens is 248 g/mol. The molecule has 20 heavy (non-hydrogen) atoms. The summed E-state index contributed by atoms with van der Waals surface area (Å²) in [5.74, 6) is 0.910. The van der Waals surface area contributed by atoms with Gasteiger partial charge in [-0.3, -0.25) is 0 Å². The molecule has 0 bridgehead atoms. The minimum Gasteiger partial charge on any atom is -0.456 e. The molecule has 1 unspecified atom stereocenters. The number of ether oxygens (including phenoxy) is 1. The van der Waals surface area contributed by atoms with Crippen LogP contribution in [0.5, 0.6) is 0 Å². The van der Waals surface area contributed by atoms with E-state index in [9.17, 15) is 0 Å². The number of fused-ring (bicyclic) bond motifs is 1. The van der Waals surface area contributed by atoms with Crippen molar-refractivity contribution in [3.8, 4) is 11.3 Å². The summed E-state index contributed by atoms with van der Waals surface area (Å²) in [6.45, 7) is 4.78. The molecule has 0 saturated heterocycles. The second kappa shape index (κ2) is 5.51. The van der Waals surface area contributed by atoms with E-state index in [-0.39, 0.29) is 6.10 Å². The first kappa shape index (κ1) is 12.9. The Morgan fingerprint density at radius 3 is 2.45 bits per heavy atom. The summed E-state index contributed by atoms with van der Waals surface area (Å²) < 4.78 is 11.9. The summed E-state index contributed by atoms with van der Waals surface area (Å²) in [5, 5.41) is 1.13. The highest BCUT2D eigenvalue weighted by atomic mass is 16.5. The first-order valence-corrected chi connectivity index (χ1v) is 6.99. The molecule has 1 aromatic heterocycles. The van der Waals surface area contributed by atoms with Gasteiger partial charge in [0, 0.05) is 23.1 Å². The quantitative estimate of drug-likeness (QED) is 0.647. The fourth-order valence-electron chi connectivity index (χ4n) is 2.61. The molecule has 0 fully saturated rings. The van der Waals surface area contributed by atoms with Crippen molar-refractivity contribution in [1.82, 2.24) is 0 Å². The van der Waals surface area contributed by atoms with E-state index in [0.29, 0.717) is 6.61 Å². The zero-order valence-corrected chi connectivity index (χ0v) is 11.8. The molecule has 1 atom stereocenters. The maximum atomic E-state index is 6.07. The van der Waals surface area contributed by atoms with Crippen LogP contribution in [-0.4, -0.2) is 6.61 Å². The topological polar surface area (TPSA) is 22.4 Å². The van der Waals surface area contributed by atoms with Crippen molar-refractivity contribution in [2.45, 2.75) is 20.0 Å². The molecule has 0 saturated carbocycles. The van der Waals surface area contributed by atoms with Crippen LogP contribution < -0.4 is 0 Å². The van der Waals surface area contributed by atoms with Crippen LogP contribution in [0.2, 0.25) is 0 Å². The first-order valence-electron chi connectivity index (χ1n) is 6.99.